The van der Waals surface area contributed by atoms with E-state index in [1.165, 1.54) is 5.56 Å². The molecule has 3 rings (SSSR count). The lowest BCUT2D eigenvalue weighted by Crippen LogP contribution is -2.42. The number of hydrogen-bond donors (Lipinski definition) is 1. The Hall–Kier alpha value is -1.99. The Labute approximate surface area is 184 Å². The molecular formula is C23H31ClN2O4. The van der Waals surface area contributed by atoms with Gasteiger partial charge in [0.15, 0.2) is 11.5 Å². The highest BCUT2D eigenvalue weighted by atomic mass is 35.5. The molecule has 7 heteroatoms. The van der Waals surface area contributed by atoms with Crippen molar-refractivity contribution in [2.45, 2.75) is 19.5 Å². The molecule has 0 saturated carbocycles. The summed E-state index contributed by atoms with van der Waals surface area (Å²) in [5.41, 5.74) is 2.31. The van der Waals surface area contributed by atoms with Crippen molar-refractivity contribution in [2.75, 3.05) is 53.7 Å². The number of methoxy groups -OCH3 is 2. The predicted molar refractivity (Wildman–Crippen MR) is 119 cm³/mol. The summed E-state index contributed by atoms with van der Waals surface area (Å²) in [6.45, 7) is 7.31. The van der Waals surface area contributed by atoms with Crippen molar-refractivity contribution in [1.82, 2.24) is 10.2 Å². The lowest BCUT2D eigenvalue weighted by molar-refractivity contribution is 0.0161. The van der Waals surface area contributed by atoms with Crippen LogP contribution in [0.1, 0.15) is 24.1 Å². The van der Waals surface area contributed by atoms with E-state index in [-0.39, 0.29) is 6.04 Å². The minimum absolute atomic E-state index is 0.250. The fraction of sp³-hybridized carbons (Fsp3) is 0.478. The van der Waals surface area contributed by atoms with Crippen LogP contribution in [0.3, 0.4) is 0 Å². The summed E-state index contributed by atoms with van der Waals surface area (Å²) in [6.07, 6.45) is 0. The third-order valence-corrected chi connectivity index (χ3v) is 5.51. The molecule has 1 atom stereocenters. The average Bonchev–Trinajstić information content (AvgIpc) is 2.79. The molecule has 1 aliphatic heterocycles. The molecule has 30 heavy (non-hydrogen) atoms. The molecule has 0 radical (unpaired) electrons. The van der Waals surface area contributed by atoms with E-state index in [0.717, 1.165) is 44.2 Å². The Morgan fingerprint density at radius 2 is 1.83 bits per heavy atom. The minimum atomic E-state index is 0.250. The van der Waals surface area contributed by atoms with Crippen molar-refractivity contribution in [3.63, 3.8) is 0 Å². The molecule has 0 aliphatic carbocycles. The monoisotopic (exact) mass is 434 g/mol. The predicted octanol–water partition coefficient (Wildman–Crippen LogP) is 3.92. The molecule has 1 N–H and O–H groups in total. The molecule has 1 aliphatic rings. The molecule has 0 amide bonds. The van der Waals surface area contributed by atoms with Gasteiger partial charge in [-0.15, -0.1) is 0 Å². The van der Waals surface area contributed by atoms with Gasteiger partial charge in [0.25, 0.3) is 0 Å². The summed E-state index contributed by atoms with van der Waals surface area (Å²) in [7, 11) is 3.32. The Morgan fingerprint density at radius 3 is 2.47 bits per heavy atom. The van der Waals surface area contributed by atoms with Crippen molar-refractivity contribution in [1.29, 1.82) is 0 Å². The van der Waals surface area contributed by atoms with Gasteiger partial charge in [-0.3, -0.25) is 4.90 Å². The first-order chi connectivity index (χ1) is 14.7. The van der Waals surface area contributed by atoms with Crippen LogP contribution >= 0.6 is 11.6 Å². The van der Waals surface area contributed by atoms with E-state index >= 15 is 0 Å². The number of hydrogen-bond acceptors (Lipinski definition) is 6. The van der Waals surface area contributed by atoms with Crippen LogP contribution in [0.5, 0.6) is 17.2 Å². The van der Waals surface area contributed by atoms with Gasteiger partial charge in [0.1, 0.15) is 5.75 Å². The first kappa shape index (κ1) is 22.7. The Bertz CT molecular complexity index is 795. The second-order valence-corrected chi connectivity index (χ2v) is 7.52. The lowest BCUT2D eigenvalue weighted by Gasteiger charge is -2.35. The highest BCUT2D eigenvalue weighted by molar-refractivity contribution is 6.32. The summed E-state index contributed by atoms with van der Waals surface area (Å²) in [4.78, 5) is 2.46. The van der Waals surface area contributed by atoms with Gasteiger partial charge in [-0.1, -0.05) is 23.7 Å². The molecule has 1 heterocycles. The van der Waals surface area contributed by atoms with Crippen LogP contribution in [0.15, 0.2) is 36.4 Å². The van der Waals surface area contributed by atoms with E-state index < -0.39 is 0 Å². The van der Waals surface area contributed by atoms with Crippen LogP contribution < -0.4 is 19.5 Å². The van der Waals surface area contributed by atoms with Gasteiger partial charge >= 0.3 is 0 Å². The maximum Gasteiger partial charge on any atom is 0.179 e. The summed E-state index contributed by atoms with van der Waals surface area (Å²) < 4.78 is 21.9. The molecule has 0 spiro atoms. The fourth-order valence-corrected chi connectivity index (χ4v) is 3.97. The maximum atomic E-state index is 6.41. The zero-order valence-electron chi connectivity index (χ0n) is 17.9. The second-order valence-electron chi connectivity index (χ2n) is 7.11. The van der Waals surface area contributed by atoms with Gasteiger partial charge in [-0.25, -0.2) is 0 Å². The van der Waals surface area contributed by atoms with Crippen LogP contribution in [0, 0.1) is 0 Å². The summed E-state index contributed by atoms with van der Waals surface area (Å²) in [5.74, 6) is 2.11. The van der Waals surface area contributed by atoms with Crippen LogP contribution in [0.2, 0.25) is 5.02 Å². The van der Waals surface area contributed by atoms with Gasteiger partial charge in [0.2, 0.25) is 0 Å². The van der Waals surface area contributed by atoms with Crippen molar-refractivity contribution < 1.29 is 18.9 Å². The highest BCUT2D eigenvalue weighted by Crippen LogP contribution is 2.36. The average molecular weight is 435 g/mol. The van der Waals surface area contributed by atoms with Gasteiger partial charge in [-0.2, -0.15) is 0 Å². The Balaban J connectivity index is 1.70. The lowest BCUT2D eigenvalue weighted by atomic mass is 10.0. The van der Waals surface area contributed by atoms with E-state index in [9.17, 15) is 0 Å². The smallest absolute Gasteiger partial charge is 0.179 e. The minimum Gasteiger partial charge on any atom is -0.497 e. The molecule has 0 bridgehead atoms. The molecule has 1 fully saturated rings. The number of halogens is 1. The van der Waals surface area contributed by atoms with E-state index in [1.807, 2.05) is 31.2 Å². The van der Waals surface area contributed by atoms with Gasteiger partial charge < -0.3 is 24.3 Å². The summed E-state index contributed by atoms with van der Waals surface area (Å²) in [5, 5.41) is 4.15. The standard InChI is InChI=1S/C23H31ClN2O4/c1-4-30-23-20(24)13-17(14-22(23)28-3)15-25-16-21(26-9-11-29-12-10-26)18-5-7-19(27-2)8-6-18/h5-8,13-14,21,25H,4,9-12,15-16H2,1-3H3/t21-/m0/s1. The zero-order chi connectivity index (χ0) is 21.3. The van der Waals surface area contributed by atoms with E-state index in [2.05, 4.69) is 22.3 Å². The van der Waals surface area contributed by atoms with Crippen molar-refractivity contribution in [3.8, 4) is 17.2 Å². The number of nitrogens with one attached hydrogen (secondary N) is 1. The van der Waals surface area contributed by atoms with Crippen molar-refractivity contribution in [3.05, 3.63) is 52.5 Å². The third-order valence-electron chi connectivity index (χ3n) is 5.23. The first-order valence-electron chi connectivity index (χ1n) is 10.3. The topological polar surface area (TPSA) is 52.2 Å². The van der Waals surface area contributed by atoms with E-state index in [4.69, 9.17) is 30.5 Å². The molecule has 164 valence electrons. The number of ether oxygens (including phenoxy) is 4. The van der Waals surface area contributed by atoms with Crippen LogP contribution in [0.4, 0.5) is 0 Å². The second kappa shape index (κ2) is 11.4. The zero-order valence-corrected chi connectivity index (χ0v) is 18.7. The van der Waals surface area contributed by atoms with E-state index in [0.29, 0.717) is 29.7 Å². The third kappa shape index (κ3) is 5.79. The molecule has 0 unspecified atom stereocenters. The van der Waals surface area contributed by atoms with Crippen LogP contribution in [-0.2, 0) is 11.3 Å². The molecule has 6 nitrogen and oxygen atoms in total. The summed E-state index contributed by atoms with van der Waals surface area (Å²) in [6, 6.07) is 12.5. The molecule has 2 aromatic carbocycles. The van der Waals surface area contributed by atoms with Gasteiger partial charge in [0, 0.05) is 32.2 Å². The Kier molecular flexibility index (Phi) is 8.63. The normalized spacial score (nSPS) is 15.6. The quantitative estimate of drug-likeness (QED) is 0.611. The van der Waals surface area contributed by atoms with Crippen molar-refractivity contribution >= 4 is 11.6 Å². The molecule has 2 aromatic rings. The summed E-state index contributed by atoms with van der Waals surface area (Å²) >= 11 is 6.41. The van der Waals surface area contributed by atoms with Gasteiger partial charge in [-0.05, 0) is 42.3 Å². The van der Waals surface area contributed by atoms with Gasteiger partial charge in [0.05, 0.1) is 39.1 Å². The molecule has 0 aromatic heterocycles. The molecule has 1 saturated heterocycles. The first-order valence-corrected chi connectivity index (χ1v) is 10.7. The maximum absolute atomic E-state index is 6.41. The fourth-order valence-electron chi connectivity index (χ4n) is 3.69. The SMILES string of the molecule is CCOc1c(Cl)cc(CNC[C@@H](c2ccc(OC)cc2)N2CCOCC2)cc1OC. The Morgan fingerprint density at radius 1 is 1.10 bits per heavy atom. The van der Waals surface area contributed by atoms with Crippen LogP contribution in [0.25, 0.3) is 0 Å². The number of benzene rings is 2. The van der Waals surface area contributed by atoms with E-state index in [1.54, 1.807) is 14.2 Å². The largest absolute Gasteiger partial charge is 0.497 e. The number of morpholine rings is 1. The van der Waals surface area contributed by atoms with Crippen LogP contribution in [-0.4, -0.2) is 58.6 Å². The number of nitrogens with zero attached hydrogens (tertiary/aromatic N) is 1. The van der Waals surface area contributed by atoms with Crippen molar-refractivity contribution in [2.24, 2.45) is 0 Å². The highest BCUT2D eigenvalue weighted by Gasteiger charge is 2.22. The molecular weight excluding hydrogens is 404 g/mol. The number of rotatable bonds is 10.